The molecule has 4 N–H and O–H groups in total. The van der Waals surface area contributed by atoms with E-state index in [0.29, 0.717) is 0 Å². The summed E-state index contributed by atoms with van der Waals surface area (Å²) in [6.45, 7) is 17.3. The molecule has 53 heavy (non-hydrogen) atoms. The second kappa shape index (κ2) is 20.9. The molecule has 0 saturated carbocycles. The van der Waals surface area contributed by atoms with Crippen LogP contribution in [0.1, 0.15) is 152 Å². The Hall–Kier alpha value is -5.02. The zero-order valence-electron chi connectivity index (χ0n) is 33.2. The van der Waals surface area contributed by atoms with E-state index in [1.165, 1.54) is 0 Å². The quantitative estimate of drug-likeness (QED) is 0.0679. The van der Waals surface area contributed by atoms with Crippen LogP contribution in [-0.4, -0.2) is 48.9 Å². The van der Waals surface area contributed by atoms with Crippen molar-refractivity contribution in [2.75, 3.05) is 0 Å². The Bertz CT molecular complexity index is 1570. The van der Waals surface area contributed by atoms with Crippen LogP contribution in [0.3, 0.4) is 0 Å². The van der Waals surface area contributed by atoms with Crippen molar-refractivity contribution in [1.82, 2.24) is 40.8 Å². The molecule has 0 aromatic carbocycles. The van der Waals surface area contributed by atoms with Crippen LogP contribution >= 0.6 is 0 Å². The van der Waals surface area contributed by atoms with Crippen molar-refractivity contribution in [3.05, 3.63) is 94.2 Å². The van der Waals surface area contributed by atoms with Gasteiger partial charge in [0, 0.05) is 20.7 Å². The maximum atomic E-state index is 5.12. The number of hydrogen-bond acceptors (Lipinski definition) is 4. The summed E-state index contributed by atoms with van der Waals surface area (Å²) in [5.41, 5.74) is 7.50. The third-order valence-corrected chi connectivity index (χ3v) is 14.0. The predicted octanol–water partition coefficient (Wildman–Crippen LogP) is 9.34. The molecule has 0 aliphatic rings. The van der Waals surface area contributed by atoms with Gasteiger partial charge in [-0.3, -0.25) is 20.4 Å². The van der Waals surface area contributed by atoms with Crippen molar-refractivity contribution in [1.29, 1.82) is 0 Å². The largest absolute Gasteiger partial charge is 0.278 e. The minimum absolute atomic E-state index is 0.878. The molecule has 4 aromatic heterocycles. The second-order valence-corrected chi connectivity index (χ2v) is 16.3. The monoisotopic (exact) mass is 728 g/mol. The minimum atomic E-state index is -3.63. The molecule has 0 unspecified atom stereocenters. The number of H-pyrrole nitrogens is 4. The molecule has 9 heteroatoms. The molecule has 0 atom stereocenters. The molecule has 4 rings (SSSR count). The number of allylic oxidation sites excluding steroid dienone is 8. The normalized spacial score (nSPS) is 14.2. The molecule has 0 bridgehead atoms. The molecule has 0 amide bonds. The standard InChI is InChI=1S/C44H60N8Si/c1-9-17-25-33-41(34(46-45-33)26-18-10-2)53(42-35(27-19-11-3)47-48-36(42)28-20-12-4,43-37(29-21-13-5)49-50-38(43)30-22-14-6)44-39(31-23-15-7)51-52-40(44)32-24-16-8/h17-32H,9-16H2,1-8H3,(H,45,46)(H,47,48)(H,49,50)(H,51,52). The molecule has 0 spiro atoms. The van der Waals surface area contributed by atoms with Crippen LogP contribution in [0.4, 0.5) is 0 Å². The Labute approximate surface area is 318 Å². The Morgan fingerprint density at radius 3 is 0.698 bits per heavy atom. The van der Waals surface area contributed by atoms with Crippen molar-refractivity contribution >= 4 is 77.4 Å². The topological polar surface area (TPSA) is 115 Å². The van der Waals surface area contributed by atoms with E-state index >= 15 is 0 Å². The summed E-state index contributed by atoms with van der Waals surface area (Å²) in [5, 5.41) is 39.2. The zero-order chi connectivity index (χ0) is 38.1. The maximum absolute atomic E-state index is 5.12. The third kappa shape index (κ3) is 8.96. The van der Waals surface area contributed by atoms with Crippen LogP contribution < -0.4 is 20.7 Å². The van der Waals surface area contributed by atoms with Gasteiger partial charge in [-0.05, 0) is 100.0 Å². The van der Waals surface area contributed by atoms with E-state index in [9.17, 15) is 0 Å². The number of aromatic nitrogens is 8. The van der Waals surface area contributed by atoms with E-state index < -0.39 is 8.07 Å². The highest BCUT2D eigenvalue weighted by Crippen LogP contribution is 2.25. The first-order valence-electron chi connectivity index (χ1n) is 19.7. The molecule has 0 radical (unpaired) electrons. The van der Waals surface area contributed by atoms with Crippen molar-refractivity contribution in [3.63, 3.8) is 0 Å². The van der Waals surface area contributed by atoms with Gasteiger partial charge >= 0.3 is 0 Å². The Morgan fingerprint density at radius 1 is 0.321 bits per heavy atom. The Kier molecular flexibility index (Phi) is 16.0. The van der Waals surface area contributed by atoms with Crippen LogP contribution in [0, 0.1) is 0 Å². The average Bonchev–Trinajstić information content (AvgIpc) is 3.98. The molecule has 0 aliphatic carbocycles. The second-order valence-electron chi connectivity index (χ2n) is 12.8. The van der Waals surface area contributed by atoms with Gasteiger partial charge in [-0.2, -0.15) is 20.4 Å². The number of nitrogens with one attached hydrogen (secondary N) is 4. The summed E-state index contributed by atoms with van der Waals surface area (Å²) in [6.07, 6.45) is 42.3. The van der Waals surface area contributed by atoms with Gasteiger partial charge in [-0.25, -0.2) is 0 Å². The summed E-state index contributed by atoms with van der Waals surface area (Å²) in [7, 11) is -3.63. The SMILES string of the molecule is CCC=Cc1n[nH]c(C=CCC)c1[Si](c1c(C=CCC)n[nH]c1C=CCC)(c1c(C=CCC)n[nH]c1C=CCC)c1c(C=CCC)n[nH]c1C=CCC. The lowest BCUT2D eigenvalue weighted by atomic mass is 10.2. The predicted molar refractivity (Wildman–Crippen MR) is 233 cm³/mol. The van der Waals surface area contributed by atoms with E-state index in [-0.39, 0.29) is 0 Å². The van der Waals surface area contributed by atoms with Gasteiger partial charge < -0.3 is 0 Å². The minimum Gasteiger partial charge on any atom is -0.278 e. The van der Waals surface area contributed by atoms with Gasteiger partial charge in [0.25, 0.3) is 0 Å². The van der Waals surface area contributed by atoms with Crippen LogP contribution in [0.2, 0.25) is 0 Å². The van der Waals surface area contributed by atoms with Crippen molar-refractivity contribution in [2.45, 2.75) is 107 Å². The molecule has 8 nitrogen and oxygen atoms in total. The van der Waals surface area contributed by atoms with Gasteiger partial charge in [-0.1, -0.05) is 104 Å². The Balaban J connectivity index is 2.57. The Morgan fingerprint density at radius 2 is 0.509 bits per heavy atom. The summed E-state index contributed by atoms with van der Waals surface area (Å²) < 4.78 is 0. The van der Waals surface area contributed by atoms with E-state index in [2.05, 4.69) is 173 Å². The smallest absolute Gasteiger partial charge is 0.199 e. The van der Waals surface area contributed by atoms with Gasteiger partial charge in [0.05, 0.1) is 45.6 Å². The highest BCUT2D eigenvalue weighted by atomic mass is 28.3. The molecule has 0 saturated heterocycles. The fourth-order valence-corrected chi connectivity index (χ4v) is 12.4. The van der Waals surface area contributed by atoms with Gasteiger partial charge in [0.2, 0.25) is 0 Å². The lowest BCUT2D eigenvalue weighted by Crippen LogP contribution is -2.78. The molecule has 280 valence electrons. The summed E-state index contributed by atoms with van der Waals surface area (Å²) in [5.74, 6) is 0. The first kappa shape index (κ1) is 40.7. The van der Waals surface area contributed by atoms with Crippen LogP contribution in [0.5, 0.6) is 0 Å². The lowest BCUT2D eigenvalue weighted by Gasteiger charge is -2.35. The third-order valence-electron chi connectivity index (χ3n) is 8.92. The molecular formula is C44H60N8Si. The summed E-state index contributed by atoms with van der Waals surface area (Å²) >= 11 is 0. The van der Waals surface area contributed by atoms with Gasteiger partial charge in [0.15, 0.2) is 8.07 Å². The molecule has 4 aromatic rings. The summed E-state index contributed by atoms with van der Waals surface area (Å²) in [6, 6.07) is 0. The molecular weight excluding hydrogens is 669 g/mol. The molecule has 4 heterocycles. The van der Waals surface area contributed by atoms with Crippen molar-refractivity contribution in [3.8, 4) is 0 Å². The van der Waals surface area contributed by atoms with Gasteiger partial charge in [-0.15, -0.1) is 0 Å². The number of rotatable bonds is 20. The fraction of sp³-hybridized carbons (Fsp3) is 0.364. The fourth-order valence-electron chi connectivity index (χ4n) is 6.63. The van der Waals surface area contributed by atoms with Crippen LogP contribution in [0.15, 0.2) is 48.6 Å². The van der Waals surface area contributed by atoms with Crippen molar-refractivity contribution < 1.29 is 0 Å². The zero-order valence-corrected chi connectivity index (χ0v) is 34.2. The molecule has 0 fully saturated rings. The van der Waals surface area contributed by atoms with Crippen molar-refractivity contribution in [2.24, 2.45) is 0 Å². The molecule has 0 aliphatic heterocycles. The highest BCUT2D eigenvalue weighted by molar-refractivity contribution is 7.21. The highest BCUT2D eigenvalue weighted by Gasteiger charge is 2.54. The van der Waals surface area contributed by atoms with E-state index in [1.807, 2.05) is 0 Å². The number of hydrogen-bond donors (Lipinski definition) is 4. The van der Waals surface area contributed by atoms with E-state index in [0.717, 1.165) is 118 Å². The van der Waals surface area contributed by atoms with E-state index in [4.69, 9.17) is 20.4 Å². The first-order valence-corrected chi connectivity index (χ1v) is 21.7. The van der Waals surface area contributed by atoms with Gasteiger partial charge in [0.1, 0.15) is 0 Å². The lowest BCUT2D eigenvalue weighted by molar-refractivity contribution is 1.07. The number of nitrogens with zero attached hydrogens (tertiary/aromatic N) is 4. The van der Waals surface area contributed by atoms with Crippen LogP contribution in [0.25, 0.3) is 48.6 Å². The van der Waals surface area contributed by atoms with E-state index in [1.54, 1.807) is 0 Å². The average molecular weight is 729 g/mol. The number of aromatic amines is 4. The first-order chi connectivity index (χ1) is 26.0. The summed E-state index contributed by atoms with van der Waals surface area (Å²) in [4.78, 5) is 0. The van der Waals surface area contributed by atoms with Crippen LogP contribution in [-0.2, 0) is 0 Å². The maximum Gasteiger partial charge on any atom is 0.199 e.